The Kier molecular flexibility index (Phi) is 4.15. The first-order valence-corrected chi connectivity index (χ1v) is 4.53. The number of hydrazone groups is 1. The molecule has 1 aromatic rings. The molecule has 0 radical (unpaired) electrons. The van der Waals surface area contributed by atoms with Crippen molar-refractivity contribution in [2.24, 2.45) is 10.8 Å². The van der Waals surface area contributed by atoms with Gasteiger partial charge in [-0.25, -0.2) is 10.2 Å². The molecule has 2 amide bonds. The number of nitrogens with one attached hydrogen (secondary N) is 1. The highest BCUT2D eigenvalue weighted by molar-refractivity contribution is 5.81. The van der Waals surface area contributed by atoms with Gasteiger partial charge in [0.05, 0.1) is 12.8 Å². The molecule has 0 aliphatic carbocycles. The Balaban J connectivity index is 2.56. The van der Waals surface area contributed by atoms with Crippen molar-refractivity contribution >= 4 is 12.2 Å². The molecule has 0 saturated carbocycles. The number of hydrogen-bond donors (Lipinski definition) is 2. The van der Waals surface area contributed by atoms with Gasteiger partial charge in [-0.2, -0.15) is 5.10 Å². The van der Waals surface area contributed by atoms with Crippen LogP contribution in [-0.4, -0.2) is 18.9 Å². The highest BCUT2D eigenvalue weighted by Crippen LogP contribution is 2.10. The van der Waals surface area contributed by atoms with Crippen LogP contribution in [0.4, 0.5) is 4.79 Å². The number of primary amides is 1. The first kappa shape index (κ1) is 11.0. The molecule has 0 heterocycles. The number of nitrogens with zero attached hydrogens (tertiary/aromatic N) is 1. The lowest BCUT2D eigenvalue weighted by molar-refractivity contribution is 0.249. The van der Waals surface area contributed by atoms with E-state index in [1.54, 1.807) is 0 Å². The molecule has 1 rings (SSSR count). The average molecular weight is 207 g/mol. The van der Waals surface area contributed by atoms with Crippen LogP contribution in [0.2, 0.25) is 0 Å². The normalized spacial score (nSPS) is 10.2. The Labute approximate surface area is 87.9 Å². The van der Waals surface area contributed by atoms with Crippen molar-refractivity contribution in [1.29, 1.82) is 0 Å². The van der Waals surface area contributed by atoms with E-state index in [0.717, 1.165) is 11.3 Å². The second-order valence-corrected chi connectivity index (χ2v) is 2.74. The summed E-state index contributed by atoms with van der Waals surface area (Å²) < 4.78 is 5.27. The zero-order valence-corrected chi connectivity index (χ0v) is 8.43. The molecule has 3 N–H and O–H groups in total. The maximum absolute atomic E-state index is 10.3. The van der Waals surface area contributed by atoms with Gasteiger partial charge in [-0.05, 0) is 36.8 Å². The van der Waals surface area contributed by atoms with Gasteiger partial charge < -0.3 is 10.5 Å². The van der Waals surface area contributed by atoms with Crippen molar-refractivity contribution in [3.8, 4) is 5.75 Å². The standard InChI is InChI=1S/C10H13N3O2/c1-2-15-9-5-3-8(4-6-9)7-12-13-10(11)14/h3-7H,2H2,1H3,(H3,11,13,14)/b12-7+. The van der Waals surface area contributed by atoms with Crippen molar-refractivity contribution in [2.75, 3.05) is 6.61 Å². The van der Waals surface area contributed by atoms with Crippen LogP contribution in [0.5, 0.6) is 5.75 Å². The van der Waals surface area contributed by atoms with Crippen molar-refractivity contribution in [3.05, 3.63) is 29.8 Å². The monoisotopic (exact) mass is 207 g/mol. The third kappa shape index (κ3) is 4.12. The number of benzene rings is 1. The lowest BCUT2D eigenvalue weighted by Crippen LogP contribution is -2.24. The third-order valence-corrected chi connectivity index (χ3v) is 1.58. The van der Waals surface area contributed by atoms with Crippen LogP contribution < -0.4 is 15.9 Å². The molecular formula is C10H13N3O2. The first-order valence-electron chi connectivity index (χ1n) is 4.53. The van der Waals surface area contributed by atoms with Crippen LogP contribution in [0.15, 0.2) is 29.4 Å². The third-order valence-electron chi connectivity index (χ3n) is 1.58. The Morgan fingerprint density at radius 2 is 2.20 bits per heavy atom. The topological polar surface area (TPSA) is 76.7 Å². The predicted octanol–water partition coefficient (Wildman–Crippen LogP) is 1.09. The van der Waals surface area contributed by atoms with Crippen LogP contribution in [0, 0.1) is 0 Å². The van der Waals surface area contributed by atoms with E-state index >= 15 is 0 Å². The van der Waals surface area contributed by atoms with Gasteiger partial charge >= 0.3 is 6.03 Å². The van der Waals surface area contributed by atoms with Gasteiger partial charge in [0.15, 0.2) is 0 Å². The number of urea groups is 1. The quantitative estimate of drug-likeness (QED) is 0.572. The molecule has 0 aliphatic rings. The molecular weight excluding hydrogens is 194 g/mol. The van der Waals surface area contributed by atoms with Crippen molar-refractivity contribution in [3.63, 3.8) is 0 Å². The number of nitrogens with two attached hydrogens (primary N) is 1. The van der Waals surface area contributed by atoms with E-state index in [4.69, 9.17) is 10.5 Å². The van der Waals surface area contributed by atoms with Crippen LogP contribution in [0.1, 0.15) is 12.5 Å². The summed E-state index contributed by atoms with van der Waals surface area (Å²) in [5.74, 6) is 0.803. The average Bonchev–Trinajstić information content (AvgIpc) is 2.20. The molecule has 0 unspecified atom stereocenters. The molecule has 0 aromatic heterocycles. The van der Waals surface area contributed by atoms with Gasteiger partial charge in [0, 0.05) is 0 Å². The molecule has 0 spiro atoms. The van der Waals surface area contributed by atoms with E-state index in [1.807, 2.05) is 31.2 Å². The van der Waals surface area contributed by atoms with Gasteiger partial charge in [-0.3, -0.25) is 0 Å². The van der Waals surface area contributed by atoms with Crippen molar-refractivity contribution < 1.29 is 9.53 Å². The molecule has 0 bridgehead atoms. The van der Waals surface area contributed by atoms with Gasteiger partial charge in [-0.15, -0.1) is 0 Å². The molecule has 0 fully saturated rings. The number of amides is 2. The molecule has 15 heavy (non-hydrogen) atoms. The van der Waals surface area contributed by atoms with E-state index in [9.17, 15) is 4.79 Å². The summed E-state index contributed by atoms with van der Waals surface area (Å²) in [6, 6.07) is 6.63. The number of carbonyl (C=O) groups is 1. The Morgan fingerprint density at radius 1 is 1.53 bits per heavy atom. The largest absolute Gasteiger partial charge is 0.494 e. The fourth-order valence-electron chi connectivity index (χ4n) is 0.987. The first-order chi connectivity index (χ1) is 7.22. The van der Waals surface area contributed by atoms with Gasteiger partial charge in [-0.1, -0.05) is 0 Å². The van der Waals surface area contributed by atoms with Gasteiger partial charge in [0.2, 0.25) is 0 Å². The van der Waals surface area contributed by atoms with Crippen LogP contribution >= 0.6 is 0 Å². The summed E-state index contributed by atoms with van der Waals surface area (Å²) in [6.07, 6.45) is 1.50. The molecule has 80 valence electrons. The minimum Gasteiger partial charge on any atom is -0.494 e. The zero-order chi connectivity index (χ0) is 11.1. The SMILES string of the molecule is CCOc1ccc(/C=N/NC(N)=O)cc1. The van der Waals surface area contributed by atoms with Crippen LogP contribution in [0.25, 0.3) is 0 Å². The lowest BCUT2D eigenvalue weighted by atomic mass is 10.2. The highest BCUT2D eigenvalue weighted by Gasteiger charge is 1.92. The Bertz CT molecular complexity index is 346. The fourth-order valence-corrected chi connectivity index (χ4v) is 0.987. The van der Waals surface area contributed by atoms with Gasteiger partial charge in [0.25, 0.3) is 0 Å². The van der Waals surface area contributed by atoms with E-state index in [1.165, 1.54) is 6.21 Å². The second-order valence-electron chi connectivity index (χ2n) is 2.74. The minimum atomic E-state index is -0.683. The van der Waals surface area contributed by atoms with E-state index in [-0.39, 0.29) is 0 Å². The highest BCUT2D eigenvalue weighted by atomic mass is 16.5. The van der Waals surface area contributed by atoms with Gasteiger partial charge in [0.1, 0.15) is 5.75 Å². The molecule has 0 atom stereocenters. The predicted molar refractivity (Wildman–Crippen MR) is 57.9 cm³/mol. The van der Waals surface area contributed by atoms with E-state index in [0.29, 0.717) is 6.61 Å². The molecule has 1 aromatic carbocycles. The Hall–Kier alpha value is -2.04. The molecule has 0 saturated heterocycles. The number of hydrogen-bond acceptors (Lipinski definition) is 3. The maximum atomic E-state index is 10.3. The number of carbonyl (C=O) groups excluding carboxylic acids is 1. The number of ether oxygens (including phenoxy) is 1. The van der Waals surface area contributed by atoms with Crippen molar-refractivity contribution in [2.45, 2.75) is 6.92 Å². The number of rotatable bonds is 4. The van der Waals surface area contributed by atoms with Crippen LogP contribution in [-0.2, 0) is 0 Å². The van der Waals surface area contributed by atoms with Crippen LogP contribution in [0.3, 0.4) is 0 Å². The smallest absolute Gasteiger partial charge is 0.332 e. The minimum absolute atomic E-state index is 0.636. The zero-order valence-electron chi connectivity index (χ0n) is 8.43. The lowest BCUT2D eigenvalue weighted by Gasteiger charge is -2.01. The summed E-state index contributed by atoms with van der Waals surface area (Å²) in [5.41, 5.74) is 7.80. The summed E-state index contributed by atoms with van der Waals surface area (Å²) in [4.78, 5) is 10.3. The summed E-state index contributed by atoms with van der Waals surface area (Å²) in [7, 11) is 0. The summed E-state index contributed by atoms with van der Waals surface area (Å²) in [6.45, 7) is 2.56. The second kappa shape index (κ2) is 5.64. The Morgan fingerprint density at radius 3 is 2.73 bits per heavy atom. The molecule has 5 nitrogen and oxygen atoms in total. The maximum Gasteiger partial charge on any atom is 0.332 e. The van der Waals surface area contributed by atoms with E-state index < -0.39 is 6.03 Å². The van der Waals surface area contributed by atoms with Crippen molar-refractivity contribution in [1.82, 2.24) is 5.43 Å². The van der Waals surface area contributed by atoms with E-state index in [2.05, 4.69) is 10.5 Å². The summed E-state index contributed by atoms with van der Waals surface area (Å²) in [5, 5.41) is 3.63. The summed E-state index contributed by atoms with van der Waals surface area (Å²) >= 11 is 0. The molecule has 0 aliphatic heterocycles. The fraction of sp³-hybridized carbons (Fsp3) is 0.200. The molecule has 5 heteroatoms.